The third kappa shape index (κ3) is 7.14. The van der Waals surface area contributed by atoms with Gasteiger partial charge in [0.2, 0.25) is 0 Å². The first-order valence-corrected chi connectivity index (χ1v) is 6.09. The summed E-state index contributed by atoms with van der Waals surface area (Å²) >= 11 is 11.0. The molecular weight excluding hydrogens is 362 g/mol. The maximum absolute atomic E-state index is 10.2. The number of rotatable bonds is 2. The summed E-state index contributed by atoms with van der Waals surface area (Å²) < 4.78 is 0. The molecule has 0 aliphatic heterocycles. The maximum Gasteiger partial charge on any atom is 2.00 e. The topological polar surface area (TPSA) is 80.3 Å². The van der Waals surface area contributed by atoms with Gasteiger partial charge in [-0.2, -0.15) is 0 Å². The van der Waals surface area contributed by atoms with Crippen molar-refractivity contribution in [2.45, 2.75) is 0 Å². The molecule has 0 N–H and O–H groups in total. The number of carbonyl (C=O) groups excluding carboxylic acids is 2. The molecule has 2 rings (SSSR count). The molecule has 0 bridgehead atoms. The summed E-state index contributed by atoms with van der Waals surface area (Å²) in [6.07, 6.45) is 0. The number of benzene rings is 2. The van der Waals surface area contributed by atoms with E-state index in [-0.39, 0.29) is 27.6 Å². The summed E-state index contributed by atoms with van der Waals surface area (Å²) in [7, 11) is 0. The van der Waals surface area contributed by atoms with Gasteiger partial charge in [0.1, 0.15) is 0 Å². The second-order valence-electron chi connectivity index (χ2n) is 3.59. The molecule has 2 aromatic rings. The van der Waals surface area contributed by atoms with Crippen molar-refractivity contribution in [3.8, 4) is 0 Å². The van der Waals surface area contributed by atoms with Crippen LogP contribution >= 0.6 is 23.2 Å². The Labute approximate surface area is 141 Å². The molecule has 0 spiro atoms. The van der Waals surface area contributed by atoms with Gasteiger partial charge >= 0.3 is 16.5 Å². The fourth-order valence-corrected chi connectivity index (χ4v) is 1.42. The summed E-state index contributed by atoms with van der Waals surface area (Å²) in [6.45, 7) is 0. The van der Waals surface area contributed by atoms with Gasteiger partial charge in [-0.3, -0.25) is 0 Å². The quantitative estimate of drug-likeness (QED) is 0.749. The number of carbonyl (C=O) groups is 2. The molecule has 4 nitrogen and oxygen atoms in total. The van der Waals surface area contributed by atoms with Crippen LogP contribution in [0.1, 0.15) is 20.7 Å². The summed E-state index contributed by atoms with van der Waals surface area (Å²) in [5, 5.41) is 21.4. The van der Waals surface area contributed by atoms with E-state index in [4.69, 9.17) is 23.2 Å². The van der Waals surface area contributed by atoms with E-state index in [0.717, 1.165) is 0 Å². The largest absolute Gasteiger partial charge is 2.00 e. The molecule has 0 saturated heterocycles. The minimum absolute atomic E-state index is 0. The van der Waals surface area contributed by atoms with E-state index in [1.807, 2.05) is 0 Å². The smallest absolute Gasteiger partial charge is 0.545 e. The van der Waals surface area contributed by atoms with Crippen molar-refractivity contribution in [3.05, 3.63) is 69.7 Å². The first kappa shape index (κ1) is 19.5. The Hall–Kier alpha value is -1.55. The molecule has 0 atom stereocenters. The molecule has 0 aliphatic rings. The summed E-state index contributed by atoms with van der Waals surface area (Å²) in [5.41, 5.74) is 0.286. The fourth-order valence-electron chi connectivity index (χ4n) is 1.17. The van der Waals surface area contributed by atoms with E-state index in [1.165, 1.54) is 48.5 Å². The average Bonchev–Trinajstić information content (AvgIpc) is 2.40. The third-order valence-electron chi connectivity index (χ3n) is 2.16. The van der Waals surface area contributed by atoms with Crippen molar-refractivity contribution in [1.29, 1.82) is 0 Å². The van der Waals surface area contributed by atoms with Crippen molar-refractivity contribution >= 4 is 35.1 Å². The van der Waals surface area contributed by atoms with Crippen molar-refractivity contribution in [2.24, 2.45) is 0 Å². The van der Waals surface area contributed by atoms with E-state index >= 15 is 0 Å². The average molecular weight is 370 g/mol. The number of hydrogen-bond donors (Lipinski definition) is 0. The molecule has 0 amide bonds. The Morgan fingerprint density at radius 1 is 0.667 bits per heavy atom. The number of aromatic carboxylic acids is 2. The van der Waals surface area contributed by atoms with Crippen LogP contribution in [0.4, 0.5) is 0 Å². The normalized spacial score (nSPS) is 8.86. The van der Waals surface area contributed by atoms with E-state index in [1.54, 1.807) is 0 Å². The maximum atomic E-state index is 10.2. The molecule has 0 fully saturated rings. The minimum Gasteiger partial charge on any atom is -0.545 e. The van der Waals surface area contributed by atoms with Gasteiger partial charge in [0.15, 0.2) is 0 Å². The van der Waals surface area contributed by atoms with E-state index in [0.29, 0.717) is 10.0 Å². The van der Waals surface area contributed by atoms with Crippen LogP contribution in [0, 0.1) is 0 Å². The molecule has 0 unspecified atom stereocenters. The standard InChI is InChI=1S/2C7H5ClO2.Ni/c2*8-6-3-1-5(2-4-6)7(9)10;/h2*1-4H,(H,9,10);/q;;+2/p-2. The molecule has 0 aromatic heterocycles. The van der Waals surface area contributed by atoms with Crippen molar-refractivity contribution < 1.29 is 36.3 Å². The molecule has 0 saturated carbocycles. The van der Waals surface area contributed by atoms with Crippen molar-refractivity contribution in [3.63, 3.8) is 0 Å². The van der Waals surface area contributed by atoms with Crippen LogP contribution in [0.15, 0.2) is 48.5 Å². The molecule has 112 valence electrons. The van der Waals surface area contributed by atoms with E-state index < -0.39 is 11.9 Å². The number of halogens is 2. The molecule has 2 aromatic carbocycles. The van der Waals surface area contributed by atoms with Crippen LogP contribution < -0.4 is 10.2 Å². The molecular formula is C14H8Cl2NiO4. The zero-order chi connectivity index (χ0) is 15.1. The number of carboxylic acids is 2. The summed E-state index contributed by atoms with van der Waals surface area (Å²) in [5.74, 6) is -2.37. The molecule has 0 heterocycles. The molecule has 0 radical (unpaired) electrons. The van der Waals surface area contributed by atoms with Crippen LogP contribution in [0.3, 0.4) is 0 Å². The predicted octanol–water partition coefficient (Wildman–Crippen LogP) is 1.40. The van der Waals surface area contributed by atoms with Gasteiger partial charge in [0.25, 0.3) is 0 Å². The van der Waals surface area contributed by atoms with Crippen LogP contribution in [-0.4, -0.2) is 11.9 Å². The Bertz CT molecular complexity index is 542. The Morgan fingerprint density at radius 2 is 0.905 bits per heavy atom. The van der Waals surface area contributed by atoms with Crippen LogP contribution in [0.5, 0.6) is 0 Å². The predicted molar refractivity (Wildman–Crippen MR) is 71.6 cm³/mol. The van der Waals surface area contributed by atoms with Gasteiger partial charge in [0, 0.05) is 10.0 Å². The van der Waals surface area contributed by atoms with Crippen molar-refractivity contribution in [2.75, 3.05) is 0 Å². The number of carboxylic acid groups (broad SMARTS) is 2. The third-order valence-corrected chi connectivity index (χ3v) is 2.66. The first-order chi connectivity index (χ1) is 9.40. The Kier molecular flexibility index (Phi) is 8.71. The fraction of sp³-hybridized carbons (Fsp3) is 0. The molecule has 0 aliphatic carbocycles. The van der Waals surface area contributed by atoms with E-state index in [2.05, 4.69) is 0 Å². The molecule has 7 heteroatoms. The van der Waals surface area contributed by atoms with Crippen LogP contribution in [-0.2, 0) is 16.5 Å². The van der Waals surface area contributed by atoms with E-state index in [9.17, 15) is 19.8 Å². The molecule has 21 heavy (non-hydrogen) atoms. The van der Waals surface area contributed by atoms with Gasteiger partial charge in [0.05, 0.1) is 11.9 Å². The van der Waals surface area contributed by atoms with Crippen molar-refractivity contribution in [1.82, 2.24) is 0 Å². The minimum atomic E-state index is -1.18. The SMILES string of the molecule is O=C([O-])c1ccc(Cl)cc1.O=C([O-])c1ccc(Cl)cc1.[Ni+2]. The zero-order valence-corrected chi connectivity index (χ0v) is 12.8. The van der Waals surface area contributed by atoms with Gasteiger partial charge in [-0.25, -0.2) is 0 Å². The monoisotopic (exact) mass is 368 g/mol. The first-order valence-electron chi connectivity index (χ1n) is 5.34. The Morgan fingerprint density at radius 3 is 1.10 bits per heavy atom. The van der Waals surface area contributed by atoms with Gasteiger partial charge < -0.3 is 19.8 Å². The van der Waals surface area contributed by atoms with Gasteiger partial charge in [-0.1, -0.05) is 47.5 Å². The van der Waals surface area contributed by atoms with Crippen LogP contribution in [0.25, 0.3) is 0 Å². The second-order valence-corrected chi connectivity index (χ2v) is 4.46. The summed E-state index contributed by atoms with van der Waals surface area (Å²) in [6, 6.07) is 11.6. The second kappa shape index (κ2) is 9.40. The summed E-state index contributed by atoms with van der Waals surface area (Å²) in [4.78, 5) is 20.3. The van der Waals surface area contributed by atoms with Gasteiger partial charge in [-0.05, 0) is 35.4 Å². The number of hydrogen-bond acceptors (Lipinski definition) is 4. The zero-order valence-electron chi connectivity index (χ0n) is 10.3. The van der Waals surface area contributed by atoms with Crippen LogP contribution in [0.2, 0.25) is 10.0 Å². The Balaban J connectivity index is 0.000000364. The van der Waals surface area contributed by atoms with Gasteiger partial charge in [-0.15, -0.1) is 0 Å².